The predicted molar refractivity (Wildman–Crippen MR) is 49.2 cm³/mol. The molecular formula is C6H8ClN3O2S. The molecule has 0 amide bonds. The highest BCUT2D eigenvalue weighted by Gasteiger charge is 2.27. The molecule has 13 heavy (non-hydrogen) atoms. The lowest BCUT2D eigenvalue weighted by atomic mass is 10.2. The van der Waals surface area contributed by atoms with Crippen molar-refractivity contribution in [3.8, 4) is 0 Å². The summed E-state index contributed by atoms with van der Waals surface area (Å²) in [7, 11) is 0. The van der Waals surface area contributed by atoms with Crippen molar-refractivity contribution in [3.63, 3.8) is 0 Å². The fourth-order valence-corrected chi connectivity index (χ4v) is 1.78. The first-order valence-electron chi connectivity index (χ1n) is 3.78. The zero-order valence-electron chi connectivity index (χ0n) is 6.61. The molecule has 1 aromatic rings. The van der Waals surface area contributed by atoms with Gasteiger partial charge < -0.3 is 15.2 Å². The topological polar surface area (TPSA) is 67.3 Å². The van der Waals surface area contributed by atoms with Crippen LogP contribution in [-0.4, -0.2) is 39.2 Å². The monoisotopic (exact) mass is 221 g/mol. The van der Waals surface area contributed by atoms with E-state index in [4.69, 9.17) is 16.3 Å². The van der Waals surface area contributed by atoms with E-state index in [1.807, 2.05) is 0 Å². The predicted octanol–water partition coefficient (Wildman–Crippen LogP) is 0.363. The minimum Gasteiger partial charge on any atom is -0.388 e. The first-order chi connectivity index (χ1) is 6.27. The molecule has 0 aliphatic carbocycles. The van der Waals surface area contributed by atoms with Gasteiger partial charge in [0, 0.05) is 0 Å². The minimum absolute atomic E-state index is 0.138. The molecule has 0 saturated carbocycles. The Bertz CT molecular complexity index is 295. The van der Waals surface area contributed by atoms with Crippen LogP contribution in [0, 0.1) is 0 Å². The van der Waals surface area contributed by atoms with Crippen molar-refractivity contribution in [2.75, 3.05) is 18.5 Å². The summed E-state index contributed by atoms with van der Waals surface area (Å²) in [5, 5.41) is 12.7. The SMILES string of the molecule is OC1COCC1Nc1nsnc1Cl. The third-order valence-corrected chi connectivity index (χ3v) is 2.71. The van der Waals surface area contributed by atoms with Crippen molar-refractivity contribution in [2.45, 2.75) is 12.1 Å². The first-order valence-corrected chi connectivity index (χ1v) is 4.88. The van der Waals surface area contributed by atoms with Gasteiger partial charge in [0.2, 0.25) is 0 Å². The van der Waals surface area contributed by atoms with Crippen LogP contribution in [0.5, 0.6) is 0 Å². The van der Waals surface area contributed by atoms with Crippen LogP contribution in [0.15, 0.2) is 0 Å². The summed E-state index contributed by atoms with van der Waals surface area (Å²) >= 11 is 6.75. The van der Waals surface area contributed by atoms with Gasteiger partial charge in [-0.15, -0.1) is 0 Å². The maximum absolute atomic E-state index is 9.40. The lowest BCUT2D eigenvalue weighted by molar-refractivity contribution is 0.125. The number of nitrogens with zero attached hydrogens (tertiary/aromatic N) is 2. The van der Waals surface area contributed by atoms with E-state index in [2.05, 4.69) is 14.1 Å². The van der Waals surface area contributed by atoms with E-state index in [9.17, 15) is 5.11 Å². The van der Waals surface area contributed by atoms with Crippen molar-refractivity contribution in [3.05, 3.63) is 5.15 Å². The van der Waals surface area contributed by atoms with Crippen molar-refractivity contribution in [1.82, 2.24) is 8.75 Å². The Morgan fingerprint density at radius 2 is 2.38 bits per heavy atom. The first kappa shape index (κ1) is 9.14. The largest absolute Gasteiger partial charge is 0.388 e. The molecule has 7 heteroatoms. The lowest BCUT2D eigenvalue weighted by Crippen LogP contribution is -2.31. The van der Waals surface area contributed by atoms with Gasteiger partial charge >= 0.3 is 0 Å². The number of aromatic nitrogens is 2. The standard InChI is InChI=1S/C6H8ClN3O2S/c7-5-6(10-13-9-5)8-3-1-12-2-4(3)11/h3-4,11H,1-2H2,(H,8,10). The quantitative estimate of drug-likeness (QED) is 0.755. The van der Waals surface area contributed by atoms with Crippen molar-refractivity contribution >= 4 is 29.1 Å². The van der Waals surface area contributed by atoms with Crippen LogP contribution in [0.3, 0.4) is 0 Å². The molecule has 2 rings (SSSR count). The average Bonchev–Trinajstić information content (AvgIpc) is 2.65. The second kappa shape index (κ2) is 3.75. The normalized spacial score (nSPS) is 27.8. The zero-order chi connectivity index (χ0) is 9.26. The Morgan fingerprint density at radius 1 is 1.54 bits per heavy atom. The second-order valence-corrected chi connectivity index (χ2v) is 3.65. The highest BCUT2D eigenvalue weighted by atomic mass is 35.5. The van der Waals surface area contributed by atoms with Crippen LogP contribution >= 0.6 is 23.3 Å². The summed E-state index contributed by atoms with van der Waals surface area (Å²) < 4.78 is 12.8. The van der Waals surface area contributed by atoms with Gasteiger partial charge in [-0.05, 0) is 0 Å². The van der Waals surface area contributed by atoms with Crippen LogP contribution in [0.1, 0.15) is 0 Å². The van der Waals surface area contributed by atoms with Gasteiger partial charge in [0.15, 0.2) is 11.0 Å². The maximum Gasteiger partial charge on any atom is 0.186 e. The van der Waals surface area contributed by atoms with Crippen LogP contribution in [-0.2, 0) is 4.74 Å². The molecule has 1 aliphatic rings. The molecule has 2 atom stereocenters. The molecule has 0 radical (unpaired) electrons. The van der Waals surface area contributed by atoms with Crippen LogP contribution < -0.4 is 5.32 Å². The molecular weight excluding hydrogens is 214 g/mol. The number of rotatable bonds is 2. The van der Waals surface area contributed by atoms with Crippen LogP contribution in [0.25, 0.3) is 0 Å². The smallest absolute Gasteiger partial charge is 0.186 e. The number of anilines is 1. The molecule has 0 aromatic carbocycles. The molecule has 1 saturated heterocycles. The molecule has 2 heterocycles. The number of aliphatic hydroxyl groups is 1. The van der Waals surface area contributed by atoms with E-state index in [-0.39, 0.29) is 6.04 Å². The Balaban J connectivity index is 2.01. The van der Waals surface area contributed by atoms with Gasteiger partial charge in [0.05, 0.1) is 37.1 Å². The van der Waals surface area contributed by atoms with Gasteiger partial charge in [-0.2, -0.15) is 8.75 Å². The van der Waals surface area contributed by atoms with E-state index < -0.39 is 6.10 Å². The summed E-state index contributed by atoms with van der Waals surface area (Å²) in [6.07, 6.45) is -0.502. The number of halogens is 1. The summed E-state index contributed by atoms with van der Waals surface area (Å²) in [6.45, 7) is 0.821. The Kier molecular flexibility index (Phi) is 2.63. The van der Waals surface area contributed by atoms with E-state index in [0.717, 1.165) is 11.7 Å². The second-order valence-electron chi connectivity index (χ2n) is 2.76. The Hall–Kier alpha value is -0.430. The third kappa shape index (κ3) is 1.91. The zero-order valence-corrected chi connectivity index (χ0v) is 8.18. The Morgan fingerprint density at radius 3 is 2.92 bits per heavy atom. The number of ether oxygens (including phenoxy) is 1. The van der Waals surface area contributed by atoms with E-state index in [0.29, 0.717) is 24.2 Å². The summed E-state index contributed by atoms with van der Waals surface area (Å²) in [6, 6.07) is -0.138. The molecule has 1 aliphatic heterocycles. The van der Waals surface area contributed by atoms with Crippen molar-refractivity contribution < 1.29 is 9.84 Å². The van der Waals surface area contributed by atoms with Gasteiger partial charge in [-0.25, -0.2) is 0 Å². The summed E-state index contributed by atoms with van der Waals surface area (Å²) in [4.78, 5) is 0. The molecule has 2 unspecified atom stereocenters. The molecule has 0 bridgehead atoms. The fraction of sp³-hybridized carbons (Fsp3) is 0.667. The van der Waals surface area contributed by atoms with Crippen molar-refractivity contribution in [1.29, 1.82) is 0 Å². The highest BCUT2D eigenvalue weighted by molar-refractivity contribution is 6.99. The lowest BCUT2D eigenvalue weighted by Gasteiger charge is -2.13. The average molecular weight is 222 g/mol. The molecule has 1 aromatic heterocycles. The van der Waals surface area contributed by atoms with Gasteiger partial charge in [-0.3, -0.25) is 0 Å². The van der Waals surface area contributed by atoms with Crippen LogP contribution in [0.4, 0.5) is 5.82 Å². The molecule has 0 spiro atoms. The molecule has 5 nitrogen and oxygen atoms in total. The summed E-state index contributed by atoms with van der Waals surface area (Å²) in [5.74, 6) is 0.515. The molecule has 72 valence electrons. The summed E-state index contributed by atoms with van der Waals surface area (Å²) in [5.41, 5.74) is 0. The number of aliphatic hydroxyl groups excluding tert-OH is 1. The van der Waals surface area contributed by atoms with Gasteiger partial charge in [-0.1, -0.05) is 11.6 Å². The third-order valence-electron chi connectivity index (χ3n) is 1.82. The van der Waals surface area contributed by atoms with Gasteiger partial charge in [0.25, 0.3) is 0 Å². The molecule has 2 N–H and O–H groups in total. The van der Waals surface area contributed by atoms with Crippen LogP contribution in [0.2, 0.25) is 5.15 Å². The van der Waals surface area contributed by atoms with E-state index in [1.54, 1.807) is 0 Å². The number of nitrogens with one attached hydrogen (secondary N) is 1. The number of hydrogen-bond donors (Lipinski definition) is 2. The van der Waals surface area contributed by atoms with E-state index in [1.165, 1.54) is 0 Å². The Labute approximate surface area is 84.0 Å². The minimum atomic E-state index is -0.502. The van der Waals surface area contributed by atoms with E-state index >= 15 is 0 Å². The molecule has 1 fully saturated rings. The maximum atomic E-state index is 9.40. The highest BCUT2D eigenvalue weighted by Crippen LogP contribution is 2.20. The van der Waals surface area contributed by atoms with Crippen molar-refractivity contribution in [2.24, 2.45) is 0 Å². The number of hydrogen-bond acceptors (Lipinski definition) is 6. The fourth-order valence-electron chi connectivity index (χ4n) is 1.12. The van der Waals surface area contributed by atoms with Gasteiger partial charge in [0.1, 0.15) is 0 Å².